The number of fused-ring (bicyclic) bond motifs is 2. The first-order chi connectivity index (χ1) is 15.4. The second-order valence-electron chi connectivity index (χ2n) is 9.05. The normalized spacial score (nSPS) is 19.7. The highest BCUT2D eigenvalue weighted by molar-refractivity contribution is 6.28. The van der Waals surface area contributed by atoms with Crippen LogP contribution in [0.3, 0.4) is 0 Å². The van der Waals surface area contributed by atoms with Crippen LogP contribution in [-0.2, 0) is 9.53 Å². The van der Waals surface area contributed by atoms with E-state index in [9.17, 15) is 9.59 Å². The van der Waals surface area contributed by atoms with Crippen molar-refractivity contribution in [3.05, 3.63) is 41.5 Å². The van der Waals surface area contributed by atoms with Crippen molar-refractivity contribution in [3.63, 3.8) is 0 Å². The quantitative estimate of drug-likeness (QED) is 0.366. The standard InChI is InChI=1S/C25H27N3O4/c1-14-10-15(2)13-28(12-14)20-11-19(26-8-9-31-16(3)29)21-22-23(20)27-32-25(22)18-7-5-4-6-17(18)24(21)30/h4-7,11,14-15,26H,8-10,12-13H2,1-3H3. The van der Waals surface area contributed by atoms with Crippen LogP contribution in [0.1, 0.15) is 43.1 Å². The van der Waals surface area contributed by atoms with Crippen LogP contribution in [0.25, 0.3) is 22.2 Å². The Morgan fingerprint density at radius 1 is 1.22 bits per heavy atom. The summed E-state index contributed by atoms with van der Waals surface area (Å²) in [7, 11) is 0. The first-order valence-electron chi connectivity index (χ1n) is 11.2. The molecule has 2 aliphatic rings. The van der Waals surface area contributed by atoms with Gasteiger partial charge in [0.05, 0.1) is 16.6 Å². The lowest BCUT2D eigenvalue weighted by atomic mass is 9.85. The van der Waals surface area contributed by atoms with Crippen molar-refractivity contribution in [2.24, 2.45) is 11.8 Å². The summed E-state index contributed by atoms with van der Waals surface area (Å²) < 4.78 is 10.9. The molecule has 3 aromatic rings. The molecule has 0 spiro atoms. The van der Waals surface area contributed by atoms with E-state index in [1.54, 1.807) is 0 Å². The number of anilines is 2. The van der Waals surface area contributed by atoms with E-state index in [4.69, 9.17) is 9.26 Å². The van der Waals surface area contributed by atoms with Gasteiger partial charge < -0.3 is 19.5 Å². The first kappa shape index (κ1) is 20.5. The zero-order valence-corrected chi connectivity index (χ0v) is 18.6. The third-order valence-electron chi connectivity index (χ3n) is 6.31. The van der Waals surface area contributed by atoms with E-state index in [2.05, 4.69) is 29.2 Å². The van der Waals surface area contributed by atoms with Gasteiger partial charge in [0.25, 0.3) is 0 Å². The minimum atomic E-state index is -0.327. The predicted molar refractivity (Wildman–Crippen MR) is 123 cm³/mol. The summed E-state index contributed by atoms with van der Waals surface area (Å²) >= 11 is 0. The Bertz CT molecular complexity index is 1210. The molecule has 1 aliphatic heterocycles. The van der Waals surface area contributed by atoms with Gasteiger partial charge in [0.1, 0.15) is 12.1 Å². The summed E-state index contributed by atoms with van der Waals surface area (Å²) in [4.78, 5) is 27.0. The Labute approximate surface area is 186 Å². The fourth-order valence-electron chi connectivity index (χ4n) is 5.16. The minimum Gasteiger partial charge on any atom is -0.464 e. The van der Waals surface area contributed by atoms with Crippen molar-refractivity contribution >= 4 is 34.0 Å². The van der Waals surface area contributed by atoms with Gasteiger partial charge in [0.2, 0.25) is 0 Å². The summed E-state index contributed by atoms with van der Waals surface area (Å²) in [5, 5.41) is 8.53. The van der Waals surface area contributed by atoms with Crippen LogP contribution in [0.4, 0.5) is 11.4 Å². The van der Waals surface area contributed by atoms with Crippen molar-refractivity contribution < 1.29 is 18.8 Å². The average Bonchev–Trinajstić information content (AvgIpc) is 3.19. The molecule has 7 nitrogen and oxygen atoms in total. The highest BCUT2D eigenvalue weighted by Gasteiger charge is 2.34. The monoisotopic (exact) mass is 433 g/mol. The van der Waals surface area contributed by atoms with E-state index in [-0.39, 0.29) is 18.4 Å². The molecule has 0 radical (unpaired) electrons. The molecule has 0 amide bonds. The summed E-state index contributed by atoms with van der Waals surface area (Å²) in [5.74, 6) is 1.38. The largest absolute Gasteiger partial charge is 0.464 e. The van der Waals surface area contributed by atoms with Gasteiger partial charge in [-0.1, -0.05) is 43.3 Å². The Morgan fingerprint density at radius 3 is 2.66 bits per heavy atom. The minimum absolute atomic E-state index is 0.0526. The summed E-state index contributed by atoms with van der Waals surface area (Å²) in [6.07, 6.45) is 1.20. The van der Waals surface area contributed by atoms with Crippen molar-refractivity contribution in [2.45, 2.75) is 27.2 Å². The Kier molecular flexibility index (Phi) is 5.12. The molecule has 2 aromatic carbocycles. The number of aromatic nitrogens is 1. The molecule has 2 unspecified atom stereocenters. The maximum Gasteiger partial charge on any atom is 0.302 e. The Balaban J connectivity index is 1.66. The van der Waals surface area contributed by atoms with E-state index in [1.165, 1.54) is 13.3 Å². The van der Waals surface area contributed by atoms with E-state index in [0.29, 0.717) is 35.3 Å². The zero-order chi connectivity index (χ0) is 22.4. The maximum absolute atomic E-state index is 13.5. The van der Waals surface area contributed by atoms with Gasteiger partial charge in [0, 0.05) is 43.4 Å². The van der Waals surface area contributed by atoms with Crippen LogP contribution in [0, 0.1) is 11.8 Å². The number of nitrogens with zero attached hydrogens (tertiary/aromatic N) is 2. The molecule has 1 aliphatic carbocycles. The lowest BCUT2D eigenvalue weighted by Crippen LogP contribution is -2.39. The van der Waals surface area contributed by atoms with Crippen LogP contribution >= 0.6 is 0 Å². The molecule has 1 fully saturated rings. The van der Waals surface area contributed by atoms with Gasteiger partial charge in [-0.05, 0) is 24.3 Å². The number of rotatable bonds is 5. The van der Waals surface area contributed by atoms with Crippen molar-refractivity contribution in [1.29, 1.82) is 0 Å². The molecule has 0 saturated carbocycles. The number of benzene rings is 2. The number of esters is 1. The molecule has 0 bridgehead atoms. The molecule has 1 saturated heterocycles. The van der Waals surface area contributed by atoms with Crippen LogP contribution < -0.4 is 10.2 Å². The number of nitrogens with one attached hydrogen (secondary N) is 1. The van der Waals surface area contributed by atoms with Gasteiger partial charge in [-0.25, -0.2) is 0 Å². The lowest BCUT2D eigenvalue weighted by Gasteiger charge is -2.37. The van der Waals surface area contributed by atoms with Gasteiger partial charge >= 0.3 is 5.97 Å². The number of piperidine rings is 1. The second-order valence-corrected chi connectivity index (χ2v) is 9.05. The first-order valence-corrected chi connectivity index (χ1v) is 11.2. The third-order valence-corrected chi connectivity index (χ3v) is 6.31. The number of carbonyl (C=O) groups excluding carboxylic acids is 2. The molecule has 1 N–H and O–H groups in total. The number of hydrogen-bond acceptors (Lipinski definition) is 7. The van der Waals surface area contributed by atoms with Crippen molar-refractivity contribution in [1.82, 2.24) is 5.16 Å². The maximum atomic E-state index is 13.5. The van der Waals surface area contributed by atoms with Crippen molar-refractivity contribution in [3.8, 4) is 11.3 Å². The highest BCUT2D eigenvalue weighted by Crippen LogP contribution is 2.46. The molecule has 166 valence electrons. The van der Waals surface area contributed by atoms with Gasteiger partial charge in [0.15, 0.2) is 11.5 Å². The zero-order valence-electron chi connectivity index (χ0n) is 18.6. The molecule has 7 heteroatoms. The van der Waals surface area contributed by atoms with Gasteiger partial charge in [-0.15, -0.1) is 0 Å². The number of carbonyl (C=O) groups is 2. The Morgan fingerprint density at radius 2 is 1.94 bits per heavy atom. The topological polar surface area (TPSA) is 84.7 Å². The fraction of sp³-hybridized carbons (Fsp3) is 0.400. The molecule has 5 rings (SSSR count). The number of hydrogen-bond donors (Lipinski definition) is 1. The predicted octanol–water partition coefficient (Wildman–Crippen LogP) is 4.50. The number of ether oxygens (including phenoxy) is 1. The fourth-order valence-corrected chi connectivity index (χ4v) is 5.16. The molecular formula is C25H27N3O4. The lowest BCUT2D eigenvalue weighted by molar-refractivity contribution is -0.140. The summed E-state index contributed by atoms with van der Waals surface area (Å²) in [6.45, 7) is 8.40. The third kappa shape index (κ3) is 3.42. The average molecular weight is 434 g/mol. The summed E-state index contributed by atoms with van der Waals surface area (Å²) in [5.41, 5.74) is 4.36. The smallest absolute Gasteiger partial charge is 0.302 e. The SMILES string of the molecule is CC(=O)OCCNc1cc(N2CC(C)CC(C)C2)c2noc3c2c1C(=O)c1ccccc1-3. The van der Waals surface area contributed by atoms with Crippen LogP contribution in [0.5, 0.6) is 0 Å². The molecular weight excluding hydrogens is 406 g/mol. The van der Waals surface area contributed by atoms with E-state index < -0.39 is 0 Å². The van der Waals surface area contributed by atoms with E-state index in [1.807, 2.05) is 30.3 Å². The molecule has 32 heavy (non-hydrogen) atoms. The number of ketones is 1. The molecule has 1 aromatic heterocycles. The molecule has 2 atom stereocenters. The van der Waals surface area contributed by atoms with E-state index in [0.717, 1.165) is 40.9 Å². The van der Waals surface area contributed by atoms with Gasteiger partial charge in [-0.3, -0.25) is 9.59 Å². The summed E-state index contributed by atoms with van der Waals surface area (Å²) in [6, 6.07) is 9.49. The van der Waals surface area contributed by atoms with Crippen molar-refractivity contribution in [2.75, 3.05) is 36.5 Å². The van der Waals surface area contributed by atoms with Crippen LogP contribution in [-0.4, -0.2) is 43.2 Å². The second kappa shape index (κ2) is 7.97. The molecule has 2 heterocycles. The van der Waals surface area contributed by atoms with Gasteiger partial charge in [-0.2, -0.15) is 0 Å². The van der Waals surface area contributed by atoms with E-state index >= 15 is 0 Å². The highest BCUT2D eigenvalue weighted by atomic mass is 16.5. The Hall–Kier alpha value is -3.35. The van der Waals surface area contributed by atoms with Crippen LogP contribution in [0.2, 0.25) is 0 Å². The van der Waals surface area contributed by atoms with Crippen LogP contribution in [0.15, 0.2) is 34.9 Å².